The quantitative estimate of drug-likeness (QED) is 0.164. The molecule has 0 N–H and O–H groups in total. The van der Waals surface area contributed by atoms with E-state index in [2.05, 4.69) is 179 Å². The lowest BCUT2D eigenvalue weighted by Gasteiger charge is -2.15. The molecule has 0 atom stereocenters. The molecule has 5 aromatic heterocycles. The van der Waals surface area contributed by atoms with Crippen LogP contribution in [0.2, 0.25) is 0 Å². The Morgan fingerprint density at radius 2 is 1.02 bits per heavy atom. The van der Waals surface area contributed by atoms with Crippen LogP contribution in [0.25, 0.3) is 140 Å². The maximum absolute atomic E-state index is 5.73. The minimum absolute atomic E-state index is 0.674. The monoisotopic (exact) mass is 764 g/mol. The van der Waals surface area contributed by atoms with Crippen LogP contribution >= 0.6 is 11.3 Å². The molecule has 59 heavy (non-hydrogen) atoms. The summed E-state index contributed by atoms with van der Waals surface area (Å²) in [4.78, 5) is 11.2. The Balaban J connectivity index is 1.12. The lowest BCUT2D eigenvalue weighted by molar-refractivity contribution is 1.02. The van der Waals surface area contributed by atoms with Crippen molar-refractivity contribution >= 4 is 135 Å². The summed E-state index contributed by atoms with van der Waals surface area (Å²) in [5.41, 5.74) is 8.88. The van der Waals surface area contributed by atoms with Crippen LogP contribution in [0.15, 0.2) is 170 Å². The fourth-order valence-corrected chi connectivity index (χ4v) is 12.0. The van der Waals surface area contributed by atoms with Gasteiger partial charge in [0.25, 0.3) is 0 Å². The van der Waals surface area contributed by atoms with Gasteiger partial charge in [-0.15, -0.1) is 11.3 Å². The minimum atomic E-state index is 0.674. The SMILES string of the molecule is c1ccc2c(c1)ccc1nc(-n3c4ccc5sc6cccc7c6c5c4c4c3ccc3c5ccccc5n7c34)nc(-c3ccc4c5ccccc5c5ccccc5c4c3)c12. The van der Waals surface area contributed by atoms with E-state index in [1.165, 1.54) is 96.0 Å². The Morgan fingerprint density at radius 1 is 0.373 bits per heavy atom. The lowest BCUT2D eigenvalue weighted by Crippen LogP contribution is -2.04. The highest BCUT2D eigenvalue weighted by atomic mass is 32.1. The highest BCUT2D eigenvalue weighted by Gasteiger charge is 2.27. The van der Waals surface area contributed by atoms with Crippen molar-refractivity contribution in [3.8, 4) is 17.2 Å². The van der Waals surface area contributed by atoms with Crippen LogP contribution in [0.3, 0.4) is 0 Å². The van der Waals surface area contributed by atoms with Gasteiger partial charge in [0.15, 0.2) is 0 Å². The molecule has 0 fully saturated rings. The van der Waals surface area contributed by atoms with Crippen molar-refractivity contribution < 1.29 is 0 Å². The maximum Gasteiger partial charge on any atom is 0.235 e. The van der Waals surface area contributed by atoms with E-state index in [1.54, 1.807) is 0 Å². The normalized spacial score (nSPS) is 12.7. The van der Waals surface area contributed by atoms with E-state index in [0.717, 1.165) is 38.6 Å². The molecular weight excluding hydrogens is 737 g/mol. The molecular formula is C54H28N4S. The Morgan fingerprint density at radius 3 is 1.85 bits per heavy atom. The van der Waals surface area contributed by atoms with Crippen molar-refractivity contribution in [2.75, 3.05) is 0 Å². The molecule has 270 valence electrons. The van der Waals surface area contributed by atoms with Gasteiger partial charge in [-0.25, -0.2) is 9.97 Å². The minimum Gasteiger partial charge on any atom is -0.308 e. The lowest BCUT2D eigenvalue weighted by atomic mass is 9.92. The molecule has 0 bridgehead atoms. The average molecular weight is 765 g/mol. The number of fused-ring (bicyclic) bond motifs is 13. The van der Waals surface area contributed by atoms with Gasteiger partial charge in [-0.3, -0.25) is 4.57 Å². The molecule has 0 saturated heterocycles. The molecule has 15 rings (SSSR count). The van der Waals surface area contributed by atoms with E-state index in [-0.39, 0.29) is 0 Å². The Bertz CT molecular complexity index is 4280. The molecule has 0 saturated carbocycles. The zero-order valence-corrected chi connectivity index (χ0v) is 32.2. The average Bonchev–Trinajstić information content (AvgIpc) is 3.93. The zero-order valence-electron chi connectivity index (χ0n) is 31.4. The van der Waals surface area contributed by atoms with Crippen molar-refractivity contribution in [1.82, 2.24) is 18.9 Å². The number of hydrogen-bond acceptors (Lipinski definition) is 3. The van der Waals surface area contributed by atoms with Crippen LogP contribution in [0, 0.1) is 0 Å². The van der Waals surface area contributed by atoms with Crippen LogP contribution in [0.1, 0.15) is 0 Å². The van der Waals surface area contributed by atoms with Gasteiger partial charge in [-0.05, 0) is 91.6 Å². The molecule has 0 radical (unpaired) electrons. The molecule has 0 aliphatic heterocycles. The Kier molecular flexibility index (Phi) is 5.52. The van der Waals surface area contributed by atoms with Gasteiger partial charge in [-0.1, -0.05) is 121 Å². The van der Waals surface area contributed by atoms with E-state index in [1.807, 2.05) is 11.3 Å². The van der Waals surface area contributed by atoms with Crippen molar-refractivity contribution in [2.45, 2.75) is 0 Å². The standard InChI is InChI=1S/C54H28N4S/c1-2-11-31-29(10-1)21-24-40-47(31)52(30-20-22-36-34-14-4-3-12-32(34)33-13-5-6-15-35(33)39(36)28-30)56-54(55-40)58-43-26-27-46-51-48-42(18-9-19-45(48)59-46)57-41-17-8-7-16-37(41)38-23-25-44(58)50(49(43)51)53(38)57/h1-28H. The van der Waals surface area contributed by atoms with Gasteiger partial charge in [0.05, 0.1) is 38.8 Å². The summed E-state index contributed by atoms with van der Waals surface area (Å²) in [7, 11) is 0. The highest BCUT2D eigenvalue weighted by Crippen LogP contribution is 2.50. The molecule has 0 amide bonds. The van der Waals surface area contributed by atoms with E-state index in [4.69, 9.17) is 9.97 Å². The highest BCUT2D eigenvalue weighted by molar-refractivity contribution is 7.26. The molecule has 5 heterocycles. The second-order valence-corrected chi connectivity index (χ2v) is 17.1. The molecule has 0 spiro atoms. The third kappa shape index (κ3) is 3.71. The van der Waals surface area contributed by atoms with Gasteiger partial charge >= 0.3 is 0 Å². The largest absolute Gasteiger partial charge is 0.308 e. The maximum atomic E-state index is 5.73. The van der Waals surface area contributed by atoms with Crippen LogP contribution in [0.4, 0.5) is 0 Å². The van der Waals surface area contributed by atoms with Gasteiger partial charge in [0.1, 0.15) is 0 Å². The second-order valence-electron chi connectivity index (χ2n) is 16.0. The summed E-state index contributed by atoms with van der Waals surface area (Å²) >= 11 is 1.88. The molecule has 0 aliphatic rings. The summed E-state index contributed by atoms with van der Waals surface area (Å²) in [6, 6.07) is 62.4. The number of rotatable bonds is 2. The van der Waals surface area contributed by atoms with Crippen molar-refractivity contribution in [1.29, 1.82) is 0 Å². The van der Waals surface area contributed by atoms with Crippen molar-refractivity contribution in [3.05, 3.63) is 170 Å². The smallest absolute Gasteiger partial charge is 0.235 e. The zero-order chi connectivity index (χ0) is 38.1. The van der Waals surface area contributed by atoms with Crippen LogP contribution in [0.5, 0.6) is 0 Å². The molecule has 0 unspecified atom stereocenters. The summed E-state index contributed by atoms with van der Waals surface area (Å²) in [5, 5.41) is 18.6. The van der Waals surface area contributed by atoms with Crippen LogP contribution in [-0.2, 0) is 0 Å². The van der Waals surface area contributed by atoms with Crippen LogP contribution in [-0.4, -0.2) is 18.9 Å². The van der Waals surface area contributed by atoms with E-state index in [9.17, 15) is 0 Å². The Labute approximate surface area is 339 Å². The molecule has 4 nitrogen and oxygen atoms in total. The van der Waals surface area contributed by atoms with E-state index >= 15 is 0 Å². The molecule has 10 aromatic carbocycles. The summed E-state index contributed by atoms with van der Waals surface area (Å²) in [6.45, 7) is 0. The number of hydrogen-bond donors (Lipinski definition) is 0. The molecule has 5 heteroatoms. The fourth-order valence-electron chi connectivity index (χ4n) is 10.8. The first-order valence-corrected chi connectivity index (χ1v) is 21.0. The summed E-state index contributed by atoms with van der Waals surface area (Å²) in [5.74, 6) is 0.674. The van der Waals surface area contributed by atoms with Gasteiger partial charge in [-0.2, -0.15) is 0 Å². The first kappa shape index (κ1) is 30.5. The second kappa shape index (κ2) is 10.7. The topological polar surface area (TPSA) is 35.1 Å². The number of aromatic nitrogens is 4. The third-order valence-electron chi connectivity index (χ3n) is 13.2. The predicted octanol–water partition coefficient (Wildman–Crippen LogP) is 14.8. The number of benzene rings is 10. The first-order valence-electron chi connectivity index (χ1n) is 20.2. The van der Waals surface area contributed by atoms with Crippen molar-refractivity contribution in [3.63, 3.8) is 0 Å². The fraction of sp³-hybridized carbons (Fsp3) is 0. The third-order valence-corrected chi connectivity index (χ3v) is 14.3. The van der Waals surface area contributed by atoms with Gasteiger partial charge in [0.2, 0.25) is 5.95 Å². The van der Waals surface area contributed by atoms with Gasteiger partial charge < -0.3 is 4.40 Å². The summed E-state index contributed by atoms with van der Waals surface area (Å²) < 4.78 is 7.46. The molecule has 0 aliphatic carbocycles. The van der Waals surface area contributed by atoms with Crippen molar-refractivity contribution in [2.24, 2.45) is 0 Å². The first-order chi connectivity index (χ1) is 29.3. The van der Waals surface area contributed by atoms with Gasteiger partial charge in [0, 0.05) is 52.7 Å². The van der Waals surface area contributed by atoms with Crippen LogP contribution < -0.4 is 0 Å². The predicted molar refractivity (Wildman–Crippen MR) is 251 cm³/mol. The molecule has 15 aromatic rings. The number of thiophene rings is 1. The number of para-hydroxylation sites is 1. The Hall–Kier alpha value is -7.60. The van der Waals surface area contributed by atoms with E-state index in [0.29, 0.717) is 5.95 Å². The van der Waals surface area contributed by atoms with E-state index < -0.39 is 0 Å². The number of nitrogens with zero attached hydrogens (tertiary/aromatic N) is 4. The summed E-state index contributed by atoms with van der Waals surface area (Å²) in [6.07, 6.45) is 0.